The standard InChI is InChI=1S/C10H9NO/c1-8-2-4-9(5-3-8)10-6-7-12-11-10/h2-7H,1H3/i7D. The summed E-state index contributed by atoms with van der Waals surface area (Å²) in [6, 6.07) is 9.55. The van der Waals surface area contributed by atoms with Crippen LogP contribution in [0.1, 0.15) is 6.93 Å². The molecule has 0 bridgehead atoms. The van der Waals surface area contributed by atoms with Crippen molar-refractivity contribution in [2.24, 2.45) is 0 Å². The van der Waals surface area contributed by atoms with Crippen LogP contribution in [0.4, 0.5) is 0 Å². The number of rotatable bonds is 1. The van der Waals surface area contributed by atoms with Crippen LogP contribution >= 0.6 is 0 Å². The fourth-order valence-corrected chi connectivity index (χ4v) is 1.04. The van der Waals surface area contributed by atoms with E-state index in [0.717, 1.165) is 5.56 Å². The van der Waals surface area contributed by atoms with Gasteiger partial charge in [-0.3, -0.25) is 0 Å². The molecule has 0 fully saturated rings. The average molecular weight is 160 g/mol. The smallest absolute Gasteiger partial charge is 0.124 e. The quantitative estimate of drug-likeness (QED) is 0.641. The fourth-order valence-electron chi connectivity index (χ4n) is 1.04. The number of benzene rings is 1. The van der Waals surface area contributed by atoms with Gasteiger partial charge in [-0.15, -0.1) is 0 Å². The molecular weight excluding hydrogens is 150 g/mol. The third-order valence-corrected chi connectivity index (χ3v) is 1.74. The van der Waals surface area contributed by atoms with Gasteiger partial charge in [0, 0.05) is 11.6 Å². The first-order valence-electron chi connectivity index (χ1n) is 4.26. The van der Waals surface area contributed by atoms with E-state index in [9.17, 15) is 0 Å². The van der Waals surface area contributed by atoms with E-state index in [1.54, 1.807) is 6.07 Å². The van der Waals surface area contributed by atoms with Crippen LogP contribution in [0.3, 0.4) is 0 Å². The van der Waals surface area contributed by atoms with Crippen molar-refractivity contribution in [1.29, 1.82) is 0 Å². The van der Waals surface area contributed by atoms with Crippen molar-refractivity contribution in [3.8, 4) is 11.3 Å². The zero-order valence-corrected chi connectivity index (χ0v) is 6.74. The normalized spacial score (nSPS) is 11.2. The maximum atomic E-state index is 7.18. The molecule has 2 rings (SSSR count). The van der Waals surface area contributed by atoms with Crippen LogP contribution in [0.25, 0.3) is 11.3 Å². The topological polar surface area (TPSA) is 26.0 Å². The van der Waals surface area contributed by atoms with E-state index in [4.69, 9.17) is 1.37 Å². The van der Waals surface area contributed by atoms with E-state index in [-0.39, 0.29) is 6.24 Å². The van der Waals surface area contributed by atoms with Crippen molar-refractivity contribution in [2.75, 3.05) is 0 Å². The SMILES string of the molecule is [2H]c1cc(-c2ccc(C)cc2)no1. The minimum atomic E-state index is 0.0931. The van der Waals surface area contributed by atoms with Crippen LogP contribution in [0.15, 0.2) is 41.1 Å². The number of nitrogens with zero attached hydrogens (tertiary/aromatic N) is 1. The Morgan fingerprint density at radius 3 is 2.58 bits per heavy atom. The van der Waals surface area contributed by atoms with Gasteiger partial charge in [0.15, 0.2) is 0 Å². The first-order chi connectivity index (χ1) is 6.25. The van der Waals surface area contributed by atoms with Crippen LogP contribution in [-0.4, -0.2) is 5.16 Å². The Hall–Kier alpha value is -1.57. The van der Waals surface area contributed by atoms with Crippen LogP contribution < -0.4 is 0 Å². The van der Waals surface area contributed by atoms with Gasteiger partial charge in [-0.25, -0.2) is 0 Å². The summed E-state index contributed by atoms with van der Waals surface area (Å²) < 4.78 is 11.8. The van der Waals surface area contributed by atoms with E-state index in [0.29, 0.717) is 5.69 Å². The zero-order valence-electron chi connectivity index (χ0n) is 7.74. The second-order valence-corrected chi connectivity index (χ2v) is 2.70. The third kappa shape index (κ3) is 1.23. The number of hydrogen-bond acceptors (Lipinski definition) is 2. The van der Waals surface area contributed by atoms with Gasteiger partial charge in [0.05, 0.1) is 0 Å². The molecule has 2 aromatic rings. The molecule has 1 heterocycles. The molecule has 0 aliphatic carbocycles. The summed E-state index contributed by atoms with van der Waals surface area (Å²) in [5, 5.41) is 3.75. The minimum absolute atomic E-state index is 0.0931. The largest absolute Gasteiger partial charge is 0.364 e. The second kappa shape index (κ2) is 2.81. The van der Waals surface area contributed by atoms with Gasteiger partial charge in [0.1, 0.15) is 13.3 Å². The van der Waals surface area contributed by atoms with Crippen LogP contribution in [0.5, 0.6) is 0 Å². The van der Waals surface area contributed by atoms with E-state index < -0.39 is 0 Å². The summed E-state index contributed by atoms with van der Waals surface area (Å²) >= 11 is 0. The Kier molecular flexibility index (Phi) is 1.41. The van der Waals surface area contributed by atoms with Gasteiger partial charge < -0.3 is 4.52 Å². The Labute approximate surface area is 72.2 Å². The fraction of sp³-hybridized carbons (Fsp3) is 0.100. The van der Waals surface area contributed by atoms with Crippen molar-refractivity contribution in [1.82, 2.24) is 5.16 Å². The molecule has 2 nitrogen and oxygen atoms in total. The molecular formula is C10H9NO. The molecule has 1 aromatic carbocycles. The molecule has 0 amide bonds. The lowest BCUT2D eigenvalue weighted by atomic mass is 10.1. The molecule has 0 aliphatic heterocycles. The monoisotopic (exact) mass is 160 g/mol. The van der Waals surface area contributed by atoms with Gasteiger partial charge >= 0.3 is 0 Å². The van der Waals surface area contributed by atoms with Crippen molar-refractivity contribution < 1.29 is 5.89 Å². The predicted octanol–water partition coefficient (Wildman–Crippen LogP) is 2.65. The molecule has 0 saturated heterocycles. The molecule has 0 N–H and O–H groups in total. The van der Waals surface area contributed by atoms with Crippen molar-refractivity contribution >= 4 is 0 Å². The molecule has 0 aliphatic rings. The Morgan fingerprint density at radius 2 is 2.00 bits per heavy atom. The van der Waals surface area contributed by atoms with E-state index in [1.165, 1.54) is 5.56 Å². The lowest BCUT2D eigenvalue weighted by Crippen LogP contribution is -1.76. The first-order valence-corrected chi connectivity index (χ1v) is 3.76. The van der Waals surface area contributed by atoms with Crippen molar-refractivity contribution in [3.05, 3.63) is 42.1 Å². The molecule has 0 saturated carbocycles. The number of aromatic nitrogens is 1. The van der Waals surface area contributed by atoms with Gasteiger partial charge in [-0.2, -0.15) is 0 Å². The number of aryl methyl sites for hydroxylation is 1. The van der Waals surface area contributed by atoms with Gasteiger partial charge in [0.25, 0.3) is 0 Å². The Bertz CT molecular complexity index is 405. The summed E-state index contributed by atoms with van der Waals surface area (Å²) in [6.07, 6.45) is 0.0931. The molecule has 0 radical (unpaired) electrons. The molecule has 0 atom stereocenters. The van der Waals surface area contributed by atoms with Crippen LogP contribution in [-0.2, 0) is 0 Å². The Morgan fingerprint density at radius 1 is 1.25 bits per heavy atom. The first kappa shape index (κ1) is 6.00. The lowest BCUT2D eigenvalue weighted by molar-refractivity contribution is 0.422. The molecule has 1 aromatic heterocycles. The zero-order chi connectivity index (χ0) is 9.26. The molecule has 0 spiro atoms. The highest BCUT2D eigenvalue weighted by molar-refractivity contribution is 5.58. The van der Waals surface area contributed by atoms with Crippen LogP contribution in [0.2, 0.25) is 0 Å². The molecule has 2 heteroatoms. The lowest BCUT2D eigenvalue weighted by Gasteiger charge is -1.94. The predicted molar refractivity (Wildman–Crippen MR) is 46.7 cm³/mol. The van der Waals surface area contributed by atoms with E-state index >= 15 is 0 Å². The highest BCUT2D eigenvalue weighted by Gasteiger charge is 1.98. The summed E-state index contributed by atoms with van der Waals surface area (Å²) in [7, 11) is 0. The highest BCUT2D eigenvalue weighted by Crippen LogP contribution is 2.16. The molecule has 0 unspecified atom stereocenters. The van der Waals surface area contributed by atoms with Gasteiger partial charge in [0.2, 0.25) is 0 Å². The summed E-state index contributed by atoms with van der Waals surface area (Å²) in [5.74, 6) is 0. The van der Waals surface area contributed by atoms with Crippen LogP contribution in [0, 0.1) is 6.92 Å². The highest BCUT2D eigenvalue weighted by atomic mass is 16.5. The van der Waals surface area contributed by atoms with Gasteiger partial charge in [-0.1, -0.05) is 35.0 Å². The maximum absolute atomic E-state index is 7.18. The third-order valence-electron chi connectivity index (χ3n) is 1.74. The average Bonchev–Trinajstić information content (AvgIpc) is 2.53. The number of hydrogen-bond donors (Lipinski definition) is 0. The van der Waals surface area contributed by atoms with Gasteiger partial charge in [-0.05, 0) is 6.92 Å². The van der Waals surface area contributed by atoms with E-state index in [2.05, 4.69) is 9.68 Å². The maximum Gasteiger partial charge on any atom is 0.124 e. The van der Waals surface area contributed by atoms with Crippen molar-refractivity contribution in [3.63, 3.8) is 0 Å². The summed E-state index contributed by atoms with van der Waals surface area (Å²) in [6.45, 7) is 2.03. The summed E-state index contributed by atoms with van der Waals surface area (Å²) in [4.78, 5) is 0. The molecule has 60 valence electrons. The Balaban J connectivity index is 2.41. The molecule has 12 heavy (non-hydrogen) atoms. The second-order valence-electron chi connectivity index (χ2n) is 2.70. The van der Waals surface area contributed by atoms with Crippen molar-refractivity contribution in [2.45, 2.75) is 6.92 Å². The minimum Gasteiger partial charge on any atom is -0.364 e. The summed E-state index contributed by atoms with van der Waals surface area (Å²) in [5.41, 5.74) is 2.90. The van der Waals surface area contributed by atoms with E-state index in [1.807, 2.05) is 31.2 Å².